The van der Waals surface area contributed by atoms with Gasteiger partial charge in [0.25, 0.3) is 0 Å². The average molecular weight is 269 g/mol. The Bertz CT molecular complexity index is 641. The lowest BCUT2D eigenvalue weighted by molar-refractivity contribution is -0.0337. The minimum Gasteiger partial charge on any atom is -0.374 e. The van der Waals surface area contributed by atoms with Gasteiger partial charge in [-0.3, -0.25) is 4.90 Å². The Balaban J connectivity index is 1.79. The van der Waals surface area contributed by atoms with Crippen molar-refractivity contribution in [3.8, 4) is 6.07 Å². The topological polar surface area (TPSA) is 41.2 Å². The molecule has 2 heterocycles. The molecule has 20 heavy (non-hydrogen) atoms. The first-order valence-electron chi connectivity index (χ1n) is 7.13. The summed E-state index contributed by atoms with van der Waals surface area (Å²) < 4.78 is 8.08. The van der Waals surface area contributed by atoms with Crippen molar-refractivity contribution in [2.45, 2.75) is 19.6 Å². The van der Waals surface area contributed by atoms with Crippen LogP contribution in [-0.4, -0.2) is 41.8 Å². The fraction of sp³-hybridized carbons (Fsp3) is 0.438. The molecule has 4 nitrogen and oxygen atoms in total. The van der Waals surface area contributed by atoms with Gasteiger partial charge in [-0.1, -0.05) is 6.92 Å². The zero-order chi connectivity index (χ0) is 13.9. The zero-order valence-corrected chi connectivity index (χ0v) is 11.7. The van der Waals surface area contributed by atoms with Crippen LogP contribution in [0, 0.1) is 11.3 Å². The Morgan fingerprint density at radius 3 is 3.10 bits per heavy atom. The van der Waals surface area contributed by atoms with E-state index in [9.17, 15) is 0 Å². The van der Waals surface area contributed by atoms with Gasteiger partial charge in [-0.15, -0.1) is 0 Å². The molecule has 1 aromatic heterocycles. The minimum absolute atomic E-state index is 0.245. The molecule has 1 aliphatic rings. The molecule has 1 aliphatic heterocycles. The summed E-state index contributed by atoms with van der Waals surface area (Å²) in [6.45, 7) is 6.98. The number of ether oxygens (including phenoxy) is 1. The molecule has 1 fully saturated rings. The highest BCUT2D eigenvalue weighted by atomic mass is 16.5. The third-order valence-corrected chi connectivity index (χ3v) is 3.97. The third-order valence-electron chi connectivity index (χ3n) is 3.97. The Morgan fingerprint density at radius 1 is 1.40 bits per heavy atom. The van der Waals surface area contributed by atoms with Crippen LogP contribution in [0.2, 0.25) is 0 Å². The van der Waals surface area contributed by atoms with Gasteiger partial charge in [-0.05, 0) is 30.8 Å². The van der Waals surface area contributed by atoms with E-state index < -0.39 is 0 Å². The van der Waals surface area contributed by atoms with E-state index in [1.54, 1.807) is 0 Å². The van der Waals surface area contributed by atoms with Crippen LogP contribution in [0.1, 0.15) is 12.5 Å². The van der Waals surface area contributed by atoms with Crippen LogP contribution in [0.5, 0.6) is 0 Å². The third kappa shape index (κ3) is 2.55. The number of morpholine rings is 1. The fourth-order valence-electron chi connectivity index (χ4n) is 2.83. The normalized spacial score (nSPS) is 20.1. The molecule has 0 amide bonds. The number of aromatic nitrogens is 1. The number of hydrogen-bond donors (Lipinski definition) is 0. The Kier molecular flexibility index (Phi) is 3.72. The second-order valence-corrected chi connectivity index (χ2v) is 5.24. The van der Waals surface area contributed by atoms with E-state index in [0.29, 0.717) is 5.56 Å². The first kappa shape index (κ1) is 13.2. The molecular weight excluding hydrogens is 250 g/mol. The number of fused-ring (bicyclic) bond motifs is 1. The first-order valence-corrected chi connectivity index (χ1v) is 7.13. The van der Waals surface area contributed by atoms with E-state index in [1.165, 1.54) is 5.52 Å². The molecule has 1 aromatic carbocycles. The highest BCUT2D eigenvalue weighted by molar-refractivity contribution is 5.81. The predicted octanol–water partition coefficient (Wildman–Crippen LogP) is 2.23. The Labute approximate surface area is 119 Å². The van der Waals surface area contributed by atoms with Gasteiger partial charge in [0.15, 0.2) is 0 Å². The van der Waals surface area contributed by atoms with Gasteiger partial charge >= 0.3 is 0 Å². The van der Waals surface area contributed by atoms with Gasteiger partial charge in [0.05, 0.1) is 30.9 Å². The van der Waals surface area contributed by atoms with E-state index in [4.69, 9.17) is 10.00 Å². The minimum atomic E-state index is 0.245. The lowest BCUT2D eigenvalue weighted by Gasteiger charge is -2.32. The molecule has 1 saturated heterocycles. The van der Waals surface area contributed by atoms with E-state index in [2.05, 4.69) is 34.7 Å². The summed E-state index contributed by atoms with van der Waals surface area (Å²) >= 11 is 0. The van der Waals surface area contributed by atoms with Crippen molar-refractivity contribution in [1.82, 2.24) is 9.47 Å². The van der Waals surface area contributed by atoms with Gasteiger partial charge in [-0.25, -0.2) is 0 Å². The van der Waals surface area contributed by atoms with Crippen molar-refractivity contribution in [3.63, 3.8) is 0 Å². The maximum atomic E-state index is 8.94. The zero-order valence-electron chi connectivity index (χ0n) is 11.7. The van der Waals surface area contributed by atoms with Crippen LogP contribution in [0.25, 0.3) is 10.9 Å². The smallest absolute Gasteiger partial charge is 0.0991 e. The molecule has 0 radical (unpaired) electrons. The molecule has 0 spiro atoms. The predicted molar refractivity (Wildman–Crippen MR) is 78.5 cm³/mol. The molecule has 4 heteroatoms. The molecular formula is C16H19N3O. The standard InChI is InChI=1S/C16H19N3O/c1-2-18-7-8-20-15(11-18)12-19-6-5-14-9-13(10-17)3-4-16(14)19/h3-6,9,15H,2,7-8,11-12H2,1H3. The van der Waals surface area contributed by atoms with E-state index in [1.807, 2.05) is 18.2 Å². The summed E-state index contributed by atoms with van der Waals surface area (Å²) in [7, 11) is 0. The SMILES string of the molecule is CCN1CCOC(Cn2ccc3cc(C#N)ccc32)C1. The fourth-order valence-corrected chi connectivity index (χ4v) is 2.83. The number of benzene rings is 1. The first-order chi connectivity index (χ1) is 9.80. The van der Waals surface area contributed by atoms with Crippen molar-refractivity contribution >= 4 is 10.9 Å². The van der Waals surface area contributed by atoms with Crippen molar-refractivity contribution in [3.05, 3.63) is 36.0 Å². The van der Waals surface area contributed by atoms with Crippen LogP contribution < -0.4 is 0 Å². The number of nitriles is 1. The van der Waals surface area contributed by atoms with Gasteiger partial charge in [-0.2, -0.15) is 5.26 Å². The van der Waals surface area contributed by atoms with Crippen LogP contribution in [0.3, 0.4) is 0 Å². The number of hydrogen-bond acceptors (Lipinski definition) is 3. The highest BCUT2D eigenvalue weighted by Crippen LogP contribution is 2.19. The summed E-state index contributed by atoms with van der Waals surface area (Å²) in [4.78, 5) is 2.42. The second-order valence-electron chi connectivity index (χ2n) is 5.24. The summed E-state index contributed by atoms with van der Waals surface area (Å²) in [5, 5.41) is 10.1. The summed E-state index contributed by atoms with van der Waals surface area (Å²) in [5.41, 5.74) is 1.88. The molecule has 1 atom stereocenters. The Hall–Kier alpha value is -1.83. The van der Waals surface area contributed by atoms with Crippen molar-refractivity contribution in [1.29, 1.82) is 5.26 Å². The van der Waals surface area contributed by atoms with E-state index in [-0.39, 0.29) is 6.10 Å². The summed E-state index contributed by atoms with van der Waals surface area (Å²) in [5.74, 6) is 0. The molecule has 104 valence electrons. The van der Waals surface area contributed by atoms with E-state index >= 15 is 0 Å². The summed E-state index contributed by atoms with van der Waals surface area (Å²) in [6.07, 6.45) is 2.33. The van der Waals surface area contributed by atoms with Crippen LogP contribution in [0.15, 0.2) is 30.5 Å². The molecule has 0 saturated carbocycles. The van der Waals surface area contributed by atoms with Crippen LogP contribution in [-0.2, 0) is 11.3 Å². The number of nitrogens with zero attached hydrogens (tertiary/aromatic N) is 3. The maximum Gasteiger partial charge on any atom is 0.0991 e. The monoisotopic (exact) mass is 269 g/mol. The molecule has 3 rings (SSSR count). The Morgan fingerprint density at radius 2 is 2.30 bits per heavy atom. The molecule has 2 aromatic rings. The van der Waals surface area contributed by atoms with E-state index in [0.717, 1.165) is 38.2 Å². The van der Waals surface area contributed by atoms with Gasteiger partial charge in [0, 0.05) is 30.2 Å². The van der Waals surface area contributed by atoms with Crippen molar-refractivity contribution in [2.75, 3.05) is 26.2 Å². The number of rotatable bonds is 3. The lowest BCUT2D eigenvalue weighted by Crippen LogP contribution is -2.43. The molecule has 0 N–H and O–H groups in total. The van der Waals surface area contributed by atoms with Crippen LogP contribution in [0.4, 0.5) is 0 Å². The highest BCUT2D eigenvalue weighted by Gasteiger charge is 2.19. The molecule has 0 bridgehead atoms. The average Bonchev–Trinajstić information content (AvgIpc) is 2.89. The molecule has 0 aliphatic carbocycles. The molecule has 1 unspecified atom stereocenters. The lowest BCUT2D eigenvalue weighted by atomic mass is 10.2. The number of likely N-dealkylation sites (N-methyl/N-ethyl adjacent to an activating group) is 1. The van der Waals surface area contributed by atoms with Crippen molar-refractivity contribution in [2.24, 2.45) is 0 Å². The summed E-state index contributed by atoms with van der Waals surface area (Å²) in [6, 6.07) is 10.1. The maximum absolute atomic E-state index is 8.94. The second kappa shape index (κ2) is 5.66. The van der Waals surface area contributed by atoms with Gasteiger partial charge in [0.1, 0.15) is 0 Å². The van der Waals surface area contributed by atoms with Crippen molar-refractivity contribution < 1.29 is 4.74 Å². The quantitative estimate of drug-likeness (QED) is 0.858. The van der Waals surface area contributed by atoms with Gasteiger partial charge in [0.2, 0.25) is 0 Å². The van der Waals surface area contributed by atoms with Gasteiger partial charge < -0.3 is 9.30 Å². The largest absolute Gasteiger partial charge is 0.374 e. The van der Waals surface area contributed by atoms with Crippen LogP contribution >= 0.6 is 0 Å².